The van der Waals surface area contributed by atoms with Crippen molar-refractivity contribution in [3.63, 3.8) is 0 Å². The summed E-state index contributed by atoms with van der Waals surface area (Å²) in [6.07, 6.45) is 8.46. The fourth-order valence-electron chi connectivity index (χ4n) is 7.75. The predicted molar refractivity (Wildman–Crippen MR) is 223 cm³/mol. The number of aromatic nitrogens is 4. The zero-order valence-corrected chi connectivity index (χ0v) is 30.6. The minimum atomic E-state index is 0.760. The van der Waals surface area contributed by atoms with E-state index in [0.29, 0.717) is 0 Å². The average molecular weight is 703 g/mol. The Bertz CT molecular complexity index is 2650. The van der Waals surface area contributed by atoms with Gasteiger partial charge in [0.2, 0.25) is 0 Å². The number of ether oxygens (including phenoxy) is 2. The molecule has 6 nitrogen and oxygen atoms in total. The predicted octanol–water partition coefficient (Wildman–Crippen LogP) is 12.0. The molecule has 0 radical (unpaired) electrons. The van der Waals surface area contributed by atoms with Gasteiger partial charge >= 0.3 is 0 Å². The molecule has 0 fully saturated rings. The number of fused-ring (bicyclic) bond motifs is 8. The number of benzene rings is 4. The Balaban J connectivity index is 1.51. The largest absolute Gasteiger partial charge is 0.496 e. The maximum absolute atomic E-state index is 5.95. The van der Waals surface area contributed by atoms with Gasteiger partial charge in [0.05, 0.1) is 37.0 Å². The number of aryl methyl sites for hydroxylation is 2. The van der Waals surface area contributed by atoms with E-state index in [1.54, 1.807) is 14.2 Å². The molecule has 8 bridgehead atoms. The number of nitrogens with zero attached hydrogens (tertiary/aromatic N) is 2. The molecule has 2 aliphatic heterocycles. The molecule has 0 saturated carbocycles. The van der Waals surface area contributed by atoms with E-state index >= 15 is 0 Å². The molecule has 2 N–H and O–H groups in total. The van der Waals surface area contributed by atoms with Crippen LogP contribution in [-0.2, 0) is 0 Å². The van der Waals surface area contributed by atoms with Crippen LogP contribution in [0.15, 0.2) is 121 Å². The van der Waals surface area contributed by atoms with E-state index in [4.69, 9.17) is 19.4 Å². The molecule has 6 heteroatoms. The van der Waals surface area contributed by atoms with E-state index in [-0.39, 0.29) is 0 Å². The number of hydrogen-bond donors (Lipinski definition) is 2. The Labute approximate surface area is 314 Å². The highest BCUT2D eigenvalue weighted by atomic mass is 16.5. The monoisotopic (exact) mass is 702 g/mol. The molecule has 9 rings (SSSR count). The third-order valence-electron chi connectivity index (χ3n) is 10.3. The number of methoxy groups -OCH3 is 2. The van der Waals surface area contributed by atoms with Crippen molar-refractivity contribution in [2.24, 2.45) is 0 Å². The van der Waals surface area contributed by atoms with E-state index < -0.39 is 0 Å². The van der Waals surface area contributed by atoms with Crippen molar-refractivity contribution in [2.75, 3.05) is 14.2 Å². The first-order valence-electron chi connectivity index (χ1n) is 18.1. The Morgan fingerprint density at radius 1 is 0.370 bits per heavy atom. The summed E-state index contributed by atoms with van der Waals surface area (Å²) in [6, 6.07) is 41.8. The zero-order valence-electron chi connectivity index (χ0n) is 30.6. The summed E-state index contributed by atoms with van der Waals surface area (Å²) in [7, 11) is 3.42. The van der Waals surface area contributed by atoms with Crippen LogP contribution in [0.3, 0.4) is 0 Å². The van der Waals surface area contributed by atoms with Crippen molar-refractivity contribution in [1.29, 1.82) is 0 Å². The van der Waals surface area contributed by atoms with Gasteiger partial charge in [-0.1, -0.05) is 84.9 Å². The molecule has 0 aliphatic carbocycles. The topological polar surface area (TPSA) is 75.8 Å². The third kappa shape index (κ3) is 5.60. The summed E-state index contributed by atoms with van der Waals surface area (Å²) >= 11 is 0. The Hall–Kier alpha value is -6.92. The normalized spacial score (nSPS) is 11.9. The van der Waals surface area contributed by atoms with E-state index in [0.717, 1.165) is 112 Å². The van der Waals surface area contributed by atoms with Crippen LogP contribution in [0.1, 0.15) is 33.9 Å². The lowest BCUT2D eigenvalue weighted by atomic mass is 9.99. The molecular weight excluding hydrogens is 665 g/mol. The third-order valence-corrected chi connectivity index (χ3v) is 10.3. The number of hydrogen-bond acceptors (Lipinski definition) is 4. The van der Waals surface area contributed by atoms with Crippen LogP contribution in [0.25, 0.3) is 90.9 Å². The number of para-hydroxylation sites is 2. The fraction of sp³-hybridized carbons (Fsp3) is 0.0833. The molecular formula is C48H38N4O2. The highest BCUT2D eigenvalue weighted by Crippen LogP contribution is 2.42. The van der Waals surface area contributed by atoms with E-state index in [1.165, 1.54) is 0 Å². The molecule has 0 spiro atoms. The van der Waals surface area contributed by atoms with Gasteiger partial charge in [-0.2, -0.15) is 0 Å². The van der Waals surface area contributed by atoms with E-state index in [2.05, 4.69) is 133 Å². The molecule has 0 atom stereocenters. The number of aromatic amines is 2. The fourth-order valence-corrected chi connectivity index (χ4v) is 7.75. The molecule has 0 saturated heterocycles. The summed E-state index contributed by atoms with van der Waals surface area (Å²) in [6.45, 7) is 4.30. The summed E-state index contributed by atoms with van der Waals surface area (Å²) in [5.74, 6) is 1.52. The molecule has 0 unspecified atom stereocenters. The molecule has 3 aromatic heterocycles. The second-order valence-electron chi connectivity index (χ2n) is 13.5. The van der Waals surface area contributed by atoms with Gasteiger partial charge in [0, 0.05) is 55.4 Å². The van der Waals surface area contributed by atoms with Crippen LogP contribution >= 0.6 is 0 Å². The molecule has 2 aliphatic rings. The highest BCUT2D eigenvalue weighted by Gasteiger charge is 2.21. The lowest BCUT2D eigenvalue weighted by Gasteiger charge is -2.11. The summed E-state index contributed by atoms with van der Waals surface area (Å²) in [4.78, 5) is 18.5. The van der Waals surface area contributed by atoms with Gasteiger partial charge in [0.1, 0.15) is 11.5 Å². The van der Waals surface area contributed by atoms with E-state index in [1.807, 2.05) is 36.4 Å². The molecule has 0 amide bonds. The summed E-state index contributed by atoms with van der Waals surface area (Å²) in [5, 5.41) is 0. The van der Waals surface area contributed by atoms with Gasteiger partial charge in [0.25, 0.3) is 0 Å². The average Bonchev–Trinajstić information content (AvgIpc) is 4.04. The SMILES string of the molecule is COc1ccccc1-c1c2nc(c(-c3ccccc3OC)c3ccc([nH]3)c(-c3ccccc3C)c3nc(c(-c4ccccc4C)c4ccc1[nH]4)C=C3)C=C2. The number of nitrogens with one attached hydrogen (secondary N) is 2. The van der Waals surface area contributed by atoms with Gasteiger partial charge in [-0.3, -0.25) is 0 Å². The van der Waals surface area contributed by atoms with Crippen molar-refractivity contribution in [2.45, 2.75) is 13.8 Å². The second-order valence-corrected chi connectivity index (χ2v) is 13.5. The maximum Gasteiger partial charge on any atom is 0.126 e. The first-order chi connectivity index (χ1) is 26.5. The summed E-state index contributed by atoms with van der Waals surface area (Å²) < 4.78 is 11.9. The van der Waals surface area contributed by atoms with Crippen molar-refractivity contribution < 1.29 is 9.47 Å². The van der Waals surface area contributed by atoms with Crippen molar-refractivity contribution in [3.8, 4) is 56.0 Å². The lowest BCUT2D eigenvalue weighted by Crippen LogP contribution is -1.93. The lowest BCUT2D eigenvalue weighted by molar-refractivity contribution is 0.416. The van der Waals surface area contributed by atoms with Gasteiger partial charge in [0.15, 0.2) is 0 Å². The molecule has 262 valence electrons. The first-order valence-corrected chi connectivity index (χ1v) is 18.1. The minimum Gasteiger partial charge on any atom is -0.496 e. The van der Waals surface area contributed by atoms with Crippen molar-refractivity contribution >= 4 is 46.4 Å². The van der Waals surface area contributed by atoms with Crippen molar-refractivity contribution in [3.05, 3.63) is 155 Å². The van der Waals surface area contributed by atoms with Crippen LogP contribution in [0.5, 0.6) is 11.5 Å². The van der Waals surface area contributed by atoms with Crippen LogP contribution in [0.4, 0.5) is 0 Å². The van der Waals surface area contributed by atoms with Crippen LogP contribution in [0, 0.1) is 13.8 Å². The van der Waals surface area contributed by atoms with Crippen LogP contribution < -0.4 is 9.47 Å². The van der Waals surface area contributed by atoms with Crippen LogP contribution in [-0.4, -0.2) is 34.2 Å². The quantitative estimate of drug-likeness (QED) is 0.181. The smallest absolute Gasteiger partial charge is 0.126 e. The van der Waals surface area contributed by atoms with Crippen LogP contribution in [0.2, 0.25) is 0 Å². The summed E-state index contributed by atoms with van der Waals surface area (Å²) in [5.41, 5.74) is 17.4. The number of H-pyrrole nitrogens is 2. The van der Waals surface area contributed by atoms with Crippen molar-refractivity contribution in [1.82, 2.24) is 19.9 Å². The number of rotatable bonds is 6. The first kappa shape index (κ1) is 33.0. The Kier molecular flexibility index (Phi) is 8.28. The van der Waals surface area contributed by atoms with Gasteiger partial charge in [-0.25, -0.2) is 9.97 Å². The maximum atomic E-state index is 5.95. The van der Waals surface area contributed by atoms with Gasteiger partial charge < -0.3 is 19.4 Å². The van der Waals surface area contributed by atoms with Gasteiger partial charge in [-0.05, 0) is 96.8 Å². The molecule has 4 aromatic carbocycles. The zero-order chi connectivity index (χ0) is 36.8. The Morgan fingerprint density at radius 3 is 1.00 bits per heavy atom. The highest BCUT2D eigenvalue weighted by molar-refractivity contribution is 6.01. The molecule has 5 heterocycles. The Morgan fingerprint density at radius 2 is 0.667 bits per heavy atom. The second kappa shape index (κ2) is 13.6. The van der Waals surface area contributed by atoms with E-state index in [9.17, 15) is 0 Å². The standard InChI is InChI=1S/C48H38N4O2/c1-29-13-5-7-15-31(29)45-35-21-22-36(49-35)46(32-16-8-6-14-30(32)2)38-24-26-40(51-38)48(34-18-10-12-20-44(34)54-4)42-28-27-41(52-42)47(39-25-23-37(45)50-39)33-17-9-11-19-43(33)53-3/h5-28,50-51H,1-4H3. The molecule has 54 heavy (non-hydrogen) atoms. The minimum absolute atomic E-state index is 0.760. The van der Waals surface area contributed by atoms with Gasteiger partial charge in [-0.15, -0.1) is 0 Å². The molecule has 7 aromatic rings.